The van der Waals surface area contributed by atoms with E-state index in [9.17, 15) is 9.59 Å². The second-order valence-electron chi connectivity index (χ2n) is 6.20. The third kappa shape index (κ3) is 5.79. The zero-order valence-electron chi connectivity index (χ0n) is 14.2. The zero-order chi connectivity index (χ0) is 18.4. The van der Waals surface area contributed by atoms with Gasteiger partial charge in [0.2, 0.25) is 5.82 Å². The molecule has 0 radical (unpaired) electrons. The van der Waals surface area contributed by atoms with E-state index in [2.05, 4.69) is 25.7 Å². The molecule has 25 heavy (non-hydrogen) atoms. The monoisotopic (exact) mass is 345 g/mol. The van der Waals surface area contributed by atoms with E-state index in [1.54, 1.807) is 32.9 Å². The maximum absolute atomic E-state index is 11.5. The summed E-state index contributed by atoms with van der Waals surface area (Å²) in [6.07, 6.45) is -0.152. The highest BCUT2D eigenvalue weighted by Crippen LogP contribution is 2.14. The molecule has 0 bridgehead atoms. The number of aromatic carboxylic acids is 1. The molecule has 0 saturated heterocycles. The van der Waals surface area contributed by atoms with Gasteiger partial charge >= 0.3 is 12.1 Å². The van der Waals surface area contributed by atoms with Crippen molar-refractivity contribution in [2.75, 3.05) is 6.54 Å². The molecule has 2 aromatic rings. The molecular weight excluding hydrogens is 326 g/mol. The van der Waals surface area contributed by atoms with Crippen LogP contribution in [0.5, 0.6) is 0 Å². The number of nitrogens with one attached hydrogen (secondary N) is 1. The van der Waals surface area contributed by atoms with Crippen LogP contribution in [-0.2, 0) is 11.2 Å². The van der Waals surface area contributed by atoms with E-state index >= 15 is 0 Å². The Morgan fingerprint density at radius 1 is 1.08 bits per heavy atom. The number of alkyl carbamates (subject to hydrolysis) is 1. The summed E-state index contributed by atoms with van der Waals surface area (Å²) in [4.78, 5) is 22.3. The summed E-state index contributed by atoms with van der Waals surface area (Å²) in [6.45, 7) is 5.65. The maximum Gasteiger partial charge on any atom is 0.407 e. The van der Waals surface area contributed by atoms with E-state index in [4.69, 9.17) is 9.84 Å². The number of carbonyl (C=O) groups excluding carboxylic acids is 1. The second-order valence-corrected chi connectivity index (χ2v) is 6.20. The predicted octanol–water partition coefficient (Wildman–Crippen LogP) is 1.70. The largest absolute Gasteiger partial charge is 0.478 e. The van der Waals surface area contributed by atoms with Crippen molar-refractivity contribution in [3.8, 4) is 11.4 Å². The van der Waals surface area contributed by atoms with E-state index < -0.39 is 17.7 Å². The molecule has 1 amide bonds. The van der Waals surface area contributed by atoms with Crippen LogP contribution in [-0.4, -0.2) is 49.7 Å². The van der Waals surface area contributed by atoms with Crippen LogP contribution in [0.1, 0.15) is 37.0 Å². The number of carboxylic acid groups (broad SMARTS) is 1. The summed E-state index contributed by atoms with van der Waals surface area (Å²) in [5.41, 5.74) is 0.236. The first-order chi connectivity index (χ1) is 11.7. The van der Waals surface area contributed by atoms with E-state index in [-0.39, 0.29) is 5.56 Å². The van der Waals surface area contributed by atoms with Crippen LogP contribution in [0.25, 0.3) is 11.4 Å². The number of ether oxygens (including phenoxy) is 1. The Kier molecular flexibility index (Phi) is 5.58. The molecule has 9 nitrogen and oxygen atoms in total. The highest BCUT2D eigenvalue weighted by Gasteiger charge is 2.15. The molecule has 0 aliphatic rings. The first kappa shape index (κ1) is 18.2. The number of nitrogens with zero attached hydrogens (tertiary/aromatic N) is 4. The van der Waals surface area contributed by atoms with Gasteiger partial charge in [0.05, 0.1) is 5.56 Å². The van der Waals surface area contributed by atoms with Crippen LogP contribution in [0.4, 0.5) is 4.79 Å². The molecule has 1 heterocycles. The molecule has 132 valence electrons. The number of hydrogen-bond donors (Lipinski definition) is 2. The second kappa shape index (κ2) is 7.65. The Morgan fingerprint density at radius 2 is 1.68 bits per heavy atom. The molecule has 0 aliphatic heterocycles. The van der Waals surface area contributed by atoms with Crippen molar-refractivity contribution >= 4 is 12.1 Å². The lowest BCUT2D eigenvalue weighted by molar-refractivity contribution is 0.0527. The van der Waals surface area contributed by atoms with Gasteiger partial charge in [0.1, 0.15) is 5.60 Å². The molecule has 2 rings (SSSR count). The minimum atomic E-state index is -1.00. The van der Waals surface area contributed by atoms with Crippen LogP contribution < -0.4 is 5.32 Å². The van der Waals surface area contributed by atoms with Gasteiger partial charge in [0.15, 0.2) is 5.82 Å². The van der Waals surface area contributed by atoms with Gasteiger partial charge in [-0.2, -0.15) is 0 Å². The van der Waals surface area contributed by atoms with Gasteiger partial charge in [-0.1, -0.05) is 12.1 Å². The molecule has 2 N–H and O–H groups in total. The number of hydrogen-bond acceptors (Lipinski definition) is 7. The molecule has 0 aliphatic carbocycles. The Labute approximate surface area is 144 Å². The highest BCUT2D eigenvalue weighted by atomic mass is 16.6. The predicted molar refractivity (Wildman–Crippen MR) is 88.0 cm³/mol. The van der Waals surface area contributed by atoms with Gasteiger partial charge in [0.25, 0.3) is 0 Å². The van der Waals surface area contributed by atoms with Crippen molar-refractivity contribution in [1.82, 2.24) is 25.7 Å². The van der Waals surface area contributed by atoms with Crippen molar-refractivity contribution in [2.45, 2.75) is 32.8 Å². The lowest BCUT2D eigenvalue weighted by Gasteiger charge is -2.19. The third-order valence-electron chi connectivity index (χ3n) is 2.93. The molecule has 1 aromatic carbocycles. The zero-order valence-corrected chi connectivity index (χ0v) is 14.2. The molecule has 0 saturated carbocycles. The molecule has 0 unspecified atom stereocenters. The van der Waals surface area contributed by atoms with Crippen molar-refractivity contribution < 1.29 is 19.4 Å². The van der Waals surface area contributed by atoms with Crippen LogP contribution in [0.2, 0.25) is 0 Å². The van der Waals surface area contributed by atoms with Crippen LogP contribution >= 0.6 is 0 Å². The van der Waals surface area contributed by atoms with E-state index in [0.29, 0.717) is 30.2 Å². The van der Waals surface area contributed by atoms with Gasteiger partial charge < -0.3 is 15.2 Å². The van der Waals surface area contributed by atoms with Crippen molar-refractivity contribution in [1.29, 1.82) is 0 Å². The number of aromatic nitrogens is 4. The molecule has 0 fully saturated rings. The molecule has 0 atom stereocenters. The van der Waals surface area contributed by atoms with Crippen LogP contribution in [0.3, 0.4) is 0 Å². The Bertz CT molecular complexity index is 739. The maximum atomic E-state index is 11.5. The lowest BCUT2D eigenvalue weighted by atomic mass is 10.1. The van der Waals surface area contributed by atoms with Gasteiger partial charge in [-0.05, 0) is 32.9 Å². The smallest absolute Gasteiger partial charge is 0.407 e. The average Bonchev–Trinajstić information content (AvgIpc) is 2.54. The van der Waals surface area contributed by atoms with Gasteiger partial charge in [-0.15, -0.1) is 20.4 Å². The fraction of sp³-hybridized carbons (Fsp3) is 0.375. The van der Waals surface area contributed by atoms with E-state index in [1.165, 1.54) is 12.1 Å². The van der Waals surface area contributed by atoms with Gasteiger partial charge in [0, 0.05) is 18.5 Å². The Morgan fingerprint density at radius 3 is 2.20 bits per heavy atom. The highest BCUT2D eigenvalue weighted by molar-refractivity contribution is 5.88. The summed E-state index contributed by atoms with van der Waals surface area (Å²) < 4.78 is 5.12. The minimum absolute atomic E-state index is 0.175. The fourth-order valence-corrected chi connectivity index (χ4v) is 1.82. The lowest BCUT2D eigenvalue weighted by Crippen LogP contribution is -2.33. The normalized spacial score (nSPS) is 11.0. The topological polar surface area (TPSA) is 127 Å². The van der Waals surface area contributed by atoms with Crippen LogP contribution in [0, 0.1) is 0 Å². The first-order valence-electron chi connectivity index (χ1n) is 7.61. The third-order valence-corrected chi connectivity index (χ3v) is 2.93. The van der Waals surface area contributed by atoms with Crippen molar-refractivity contribution in [2.24, 2.45) is 0 Å². The summed E-state index contributed by atoms with van der Waals surface area (Å²) in [5, 5.41) is 27.3. The molecule has 0 spiro atoms. The minimum Gasteiger partial charge on any atom is -0.478 e. The van der Waals surface area contributed by atoms with Gasteiger partial charge in [-0.25, -0.2) is 9.59 Å². The molecule has 9 heteroatoms. The summed E-state index contributed by atoms with van der Waals surface area (Å²) in [7, 11) is 0. The van der Waals surface area contributed by atoms with Crippen molar-refractivity contribution in [3.05, 3.63) is 35.7 Å². The van der Waals surface area contributed by atoms with Crippen LogP contribution in [0.15, 0.2) is 24.3 Å². The number of amides is 1. The number of carboxylic acids is 1. The molecular formula is C16H19N5O4. The number of rotatable bonds is 5. The first-order valence-corrected chi connectivity index (χ1v) is 7.61. The van der Waals surface area contributed by atoms with Gasteiger partial charge in [-0.3, -0.25) is 0 Å². The number of carbonyl (C=O) groups is 2. The standard InChI is InChI=1S/C16H19N5O4/c1-16(2,3)25-15(24)17-9-8-12-18-20-13(21-19-12)10-4-6-11(7-5-10)14(22)23/h4-7H,8-9H2,1-3H3,(H,17,24)(H,22,23). The van der Waals surface area contributed by atoms with Crippen molar-refractivity contribution in [3.63, 3.8) is 0 Å². The molecule has 1 aromatic heterocycles. The summed E-state index contributed by atoms with van der Waals surface area (Å²) in [5.74, 6) is -0.334. The summed E-state index contributed by atoms with van der Waals surface area (Å²) >= 11 is 0. The Balaban J connectivity index is 1.89. The quantitative estimate of drug-likeness (QED) is 0.838. The van der Waals surface area contributed by atoms with E-state index in [0.717, 1.165) is 0 Å². The average molecular weight is 345 g/mol. The SMILES string of the molecule is CC(C)(C)OC(=O)NCCc1nnc(-c2ccc(C(=O)O)cc2)nn1. The Hall–Kier alpha value is -3.10. The van der Waals surface area contributed by atoms with E-state index in [1.807, 2.05) is 0 Å². The number of benzene rings is 1. The summed E-state index contributed by atoms with van der Waals surface area (Å²) in [6, 6.07) is 6.09. The fourth-order valence-electron chi connectivity index (χ4n) is 1.82.